The van der Waals surface area contributed by atoms with E-state index in [0.29, 0.717) is 0 Å². The van der Waals surface area contributed by atoms with E-state index in [-0.39, 0.29) is 0 Å². The van der Waals surface area contributed by atoms with Crippen LogP contribution in [0.15, 0.2) is 66.9 Å². The number of benzene rings is 2. The van der Waals surface area contributed by atoms with Crippen LogP contribution in [0.4, 0.5) is 11.5 Å². The molecule has 24 heavy (non-hydrogen) atoms. The van der Waals surface area contributed by atoms with Gasteiger partial charge in [-0.1, -0.05) is 30.3 Å². The van der Waals surface area contributed by atoms with E-state index in [1.54, 1.807) is 6.20 Å². The Morgan fingerprint density at radius 1 is 1.00 bits per heavy atom. The van der Waals surface area contributed by atoms with E-state index >= 15 is 0 Å². The molecule has 4 heteroatoms. The molecule has 4 rings (SSSR count). The summed E-state index contributed by atoms with van der Waals surface area (Å²) in [6, 6.07) is 20.5. The molecular formula is C20H18N4. The highest BCUT2D eigenvalue weighted by atomic mass is 15.0. The number of aromatic amines is 1. The lowest BCUT2D eigenvalue weighted by molar-refractivity contribution is 0.972. The Labute approximate surface area is 140 Å². The molecule has 0 amide bonds. The van der Waals surface area contributed by atoms with Crippen molar-refractivity contribution in [1.82, 2.24) is 15.0 Å². The Kier molecular flexibility index (Phi) is 3.71. The summed E-state index contributed by atoms with van der Waals surface area (Å²) in [4.78, 5) is 12.3. The van der Waals surface area contributed by atoms with Crippen molar-refractivity contribution in [3.05, 3.63) is 83.9 Å². The lowest BCUT2D eigenvalue weighted by Gasteiger charge is -2.07. The second kappa shape index (κ2) is 6.16. The quantitative estimate of drug-likeness (QED) is 0.579. The van der Waals surface area contributed by atoms with E-state index in [0.717, 1.165) is 35.0 Å². The van der Waals surface area contributed by atoms with Gasteiger partial charge in [-0.05, 0) is 42.8 Å². The molecule has 0 saturated heterocycles. The molecular weight excluding hydrogens is 296 g/mol. The van der Waals surface area contributed by atoms with Crippen molar-refractivity contribution in [3.63, 3.8) is 0 Å². The molecule has 0 saturated carbocycles. The number of H-pyrrole nitrogens is 1. The average molecular weight is 314 g/mol. The van der Waals surface area contributed by atoms with Crippen molar-refractivity contribution < 1.29 is 0 Å². The zero-order valence-corrected chi connectivity index (χ0v) is 13.5. The maximum atomic E-state index is 4.62. The Morgan fingerprint density at radius 3 is 2.75 bits per heavy atom. The average Bonchev–Trinajstić information content (AvgIpc) is 2.95. The highest BCUT2D eigenvalue weighted by molar-refractivity contribution is 5.84. The van der Waals surface area contributed by atoms with E-state index in [1.165, 1.54) is 10.9 Å². The summed E-state index contributed by atoms with van der Waals surface area (Å²) in [5.41, 5.74) is 4.53. The fourth-order valence-corrected chi connectivity index (χ4v) is 2.84. The number of anilines is 2. The van der Waals surface area contributed by atoms with Crippen LogP contribution in [0.3, 0.4) is 0 Å². The van der Waals surface area contributed by atoms with Crippen molar-refractivity contribution in [1.29, 1.82) is 0 Å². The summed E-state index contributed by atoms with van der Waals surface area (Å²) in [5, 5.41) is 4.56. The fraction of sp³-hybridized carbons (Fsp3) is 0.100. The minimum Gasteiger partial charge on any atom is -0.359 e. The van der Waals surface area contributed by atoms with Gasteiger partial charge in [0.15, 0.2) is 0 Å². The molecule has 0 atom stereocenters. The van der Waals surface area contributed by atoms with Crippen molar-refractivity contribution >= 4 is 22.4 Å². The van der Waals surface area contributed by atoms with Gasteiger partial charge in [0.1, 0.15) is 11.6 Å². The zero-order valence-electron chi connectivity index (χ0n) is 13.5. The summed E-state index contributed by atoms with van der Waals surface area (Å²) in [6.07, 6.45) is 2.53. The number of hydrogen-bond acceptors (Lipinski definition) is 3. The van der Waals surface area contributed by atoms with E-state index in [4.69, 9.17) is 0 Å². The number of aromatic nitrogens is 3. The third-order valence-corrected chi connectivity index (χ3v) is 3.94. The molecule has 0 spiro atoms. The lowest BCUT2D eigenvalue weighted by atomic mass is 10.1. The first-order valence-electron chi connectivity index (χ1n) is 7.98. The molecule has 4 nitrogen and oxygen atoms in total. The van der Waals surface area contributed by atoms with Gasteiger partial charge in [0, 0.05) is 34.9 Å². The Morgan fingerprint density at radius 2 is 1.88 bits per heavy atom. The van der Waals surface area contributed by atoms with Crippen LogP contribution in [0.2, 0.25) is 0 Å². The summed E-state index contributed by atoms with van der Waals surface area (Å²) in [5.74, 6) is 1.62. The molecule has 0 fully saturated rings. The van der Waals surface area contributed by atoms with Crippen LogP contribution in [0, 0.1) is 6.92 Å². The summed E-state index contributed by atoms with van der Waals surface area (Å²) < 4.78 is 0. The number of aryl methyl sites for hydroxylation is 1. The van der Waals surface area contributed by atoms with Crippen molar-refractivity contribution in [2.24, 2.45) is 0 Å². The van der Waals surface area contributed by atoms with Gasteiger partial charge in [-0.2, -0.15) is 0 Å². The standard InChI is InChI=1S/C20H18N4/c1-14-11-16-13-17(7-8-18(16)22-14)23-19-9-10-21-20(24-19)12-15-5-3-2-4-6-15/h2-11,13,22H,12H2,1H3,(H,21,23,24). The number of hydrogen-bond donors (Lipinski definition) is 2. The SMILES string of the molecule is Cc1cc2cc(Nc3ccnc(Cc4ccccc4)n3)ccc2[nH]1. The number of nitrogens with one attached hydrogen (secondary N) is 2. The van der Waals surface area contributed by atoms with Gasteiger partial charge in [-0.15, -0.1) is 0 Å². The molecule has 2 aromatic heterocycles. The van der Waals surface area contributed by atoms with E-state index in [2.05, 4.69) is 63.6 Å². The molecule has 118 valence electrons. The van der Waals surface area contributed by atoms with Gasteiger partial charge in [0.2, 0.25) is 0 Å². The van der Waals surface area contributed by atoms with Crippen molar-refractivity contribution in [3.8, 4) is 0 Å². The van der Waals surface area contributed by atoms with Crippen LogP contribution in [0.25, 0.3) is 10.9 Å². The highest BCUT2D eigenvalue weighted by Crippen LogP contribution is 2.22. The van der Waals surface area contributed by atoms with E-state index in [9.17, 15) is 0 Å². The van der Waals surface area contributed by atoms with Gasteiger partial charge in [0.25, 0.3) is 0 Å². The number of nitrogens with zero attached hydrogens (tertiary/aromatic N) is 2. The first-order chi connectivity index (χ1) is 11.8. The maximum Gasteiger partial charge on any atom is 0.135 e. The van der Waals surface area contributed by atoms with E-state index < -0.39 is 0 Å². The molecule has 0 bridgehead atoms. The second-order valence-corrected chi connectivity index (χ2v) is 5.90. The van der Waals surface area contributed by atoms with Gasteiger partial charge in [-0.25, -0.2) is 9.97 Å². The molecule has 0 unspecified atom stereocenters. The van der Waals surface area contributed by atoms with Crippen molar-refractivity contribution in [2.75, 3.05) is 5.32 Å². The fourth-order valence-electron chi connectivity index (χ4n) is 2.84. The zero-order chi connectivity index (χ0) is 16.4. The lowest BCUT2D eigenvalue weighted by Crippen LogP contribution is -2.00. The van der Waals surface area contributed by atoms with Gasteiger partial charge >= 0.3 is 0 Å². The Bertz CT molecular complexity index is 973. The first-order valence-corrected chi connectivity index (χ1v) is 7.98. The Balaban J connectivity index is 1.56. The van der Waals surface area contributed by atoms with Crippen LogP contribution in [-0.2, 0) is 6.42 Å². The monoisotopic (exact) mass is 314 g/mol. The smallest absolute Gasteiger partial charge is 0.135 e. The van der Waals surface area contributed by atoms with Crippen LogP contribution >= 0.6 is 0 Å². The molecule has 4 aromatic rings. The minimum atomic E-state index is 0.729. The van der Waals surface area contributed by atoms with Gasteiger partial charge < -0.3 is 10.3 Å². The van der Waals surface area contributed by atoms with E-state index in [1.807, 2.05) is 24.3 Å². The number of rotatable bonds is 4. The molecule has 0 aliphatic rings. The van der Waals surface area contributed by atoms with Crippen LogP contribution in [-0.4, -0.2) is 15.0 Å². The van der Waals surface area contributed by atoms with Gasteiger partial charge in [-0.3, -0.25) is 0 Å². The third kappa shape index (κ3) is 3.13. The molecule has 2 aromatic carbocycles. The van der Waals surface area contributed by atoms with Crippen LogP contribution < -0.4 is 5.32 Å². The predicted molar refractivity (Wildman–Crippen MR) is 97.6 cm³/mol. The molecule has 0 aliphatic carbocycles. The Hall–Kier alpha value is -3.14. The second-order valence-electron chi connectivity index (χ2n) is 5.90. The summed E-state index contributed by atoms with van der Waals surface area (Å²) >= 11 is 0. The largest absolute Gasteiger partial charge is 0.359 e. The minimum absolute atomic E-state index is 0.729. The topological polar surface area (TPSA) is 53.6 Å². The number of fused-ring (bicyclic) bond motifs is 1. The van der Waals surface area contributed by atoms with Crippen LogP contribution in [0.5, 0.6) is 0 Å². The maximum absolute atomic E-state index is 4.62. The highest BCUT2D eigenvalue weighted by Gasteiger charge is 2.03. The molecule has 2 heterocycles. The van der Waals surface area contributed by atoms with Gasteiger partial charge in [0.05, 0.1) is 0 Å². The third-order valence-electron chi connectivity index (χ3n) is 3.94. The first kappa shape index (κ1) is 14.5. The molecule has 0 radical (unpaired) electrons. The summed E-state index contributed by atoms with van der Waals surface area (Å²) in [6.45, 7) is 2.06. The van der Waals surface area contributed by atoms with Crippen molar-refractivity contribution in [2.45, 2.75) is 13.3 Å². The van der Waals surface area contributed by atoms with Crippen LogP contribution in [0.1, 0.15) is 17.1 Å². The normalized spacial score (nSPS) is 10.9. The predicted octanol–water partition coefficient (Wildman–Crippen LogP) is 4.60. The summed E-state index contributed by atoms with van der Waals surface area (Å²) in [7, 11) is 0. The molecule has 2 N–H and O–H groups in total. The molecule has 0 aliphatic heterocycles.